The van der Waals surface area contributed by atoms with Crippen molar-refractivity contribution in [1.29, 1.82) is 0 Å². The molecule has 1 aromatic carbocycles. The van der Waals surface area contributed by atoms with Crippen LogP contribution in [0.2, 0.25) is 0 Å². The Balaban J connectivity index is 1.86. The molecule has 1 atom stereocenters. The summed E-state index contributed by atoms with van der Waals surface area (Å²) in [5, 5.41) is 0. The second-order valence-corrected chi connectivity index (χ2v) is 6.94. The largest absolute Gasteiger partial charge is 0.497 e. The van der Waals surface area contributed by atoms with Gasteiger partial charge in [-0.3, -0.25) is 4.79 Å². The molecule has 3 rings (SSSR count). The number of hydrogen-bond acceptors (Lipinski definition) is 4. The molecular weight excluding hydrogens is 326 g/mol. The maximum atomic E-state index is 13.2. The molecule has 0 spiro atoms. The minimum absolute atomic E-state index is 0.0607. The molecule has 2 aromatic rings. The van der Waals surface area contributed by atoms with E-state index in [1.54, 1.807) is 13.3 Å². The van der Waals surface area contributed by atoms with Crippen LogP contribution in [0.25, 0.3) is 0 Å². The van der Waals surface area contributed by atoms with E-state index in [0.29, 0.717) is 5.56 Å². The summed E-state index contributed by atoms with van der Waals surface area (Å²) in [6, 6.07) is 12.0. The van der Waals surface area contributed by atoms with Crippen LogP contribution in [0.4, 0.5) is 5.82 Å². The van der Waals surface area contributed by atoms with Crippen LogP contribution >= 0.6 is 0 Å². The van der Waals surface area contributed by atoms with Crippen molar-refractivity contribution >= 4 is 11.7 Å². The summed E-state index contributed by atoms with van der Waals surface area (Å²) < 4.78 is 5.26. The summed E-state index contributed by atoms with van der Waals surface area (Å²) >= 11 is 0. The first-order valence-corrected chi connectivity index (χ1v) is 9.18. The van der Waals surface area contributed by atoms with Crippen LogP contribution in [0.5, 0.6) is 5.75 Å². The van der Waals surface area contributed by atoms with Gasteiger partial charge in [-0.1, -0.05) is 25.0 Å². The van der Waals surface area contributed by atoms with Gasteiger partial charge in [0.05, 0.1) is 18.7 Å². The zero-order chi connectivity index (χ0) is 18.5. The number of likely N-dealkylation sites (tertiary alicyclic amines) is 1. The lowest BCUT2D eigenvalue weighted by Gasteiger charge is -2.30. The highest BCUT2D eigenvalue weighted by Crippen LogP contribution is 2.32. The maximum absolute atomic E-state index is 13.2. The van der Waals surface area contributed by atoms with Crippen LogP contribution in [0.15, 0.2) is 42.6 Å². The Labute approximate surface area is 155 Å². The van der Waals surface area contributed by atoms with E-state index in [4.69, 9.17) is 4.74 Å². The third-order valence-corrected chi connectivity index (χ3v) is 4.97. The van der Waals surface area contributed by atoms with Crippen molar-refractivity contribution in [2.45, 2.75) is 31.7 Å². The minimum Gasteiger partial charge on any atom is -0.497 e. The van der Waals surface area contributed by atoms with E-state index >= 15 is 0 Å². The van der Waals surface area contributed by atoms with E-state index in [1.165, 1.54) is 5.56 Å². The van der Waals surface area contributed by atoms with Gasteiger partial charge in [-0.25, -0.2) is 4.98 Å². The summed E-state index contributed by atoms with van der Waals surface area (Å²) in [5.74, 6) is 1.75. The summed E-state index contributed by atoms with van der Waals surface area (Å²) in [6.07, 6.45) is 6.02. The van der Waals surface area contributed by atoms with Gasteiger partial charge in [0.2, 0.25) is 0 Å². The molecule has 26 heavy (non-hydrogen) atoms. The van der Waals surface area contributed by atoms with E-state index in [2.05, 4.69) is 17.1 Å². The topological polar surface area (TPSA) is 45.7 Å². The standard InChI is InChI=1S/C21H27N3O2/c1-23(2)20-13-10-17(15-22-20)21(25)24-14-6-4-5-7-19(24)16-8-11-18(26-3)12-9-16/h8-13,15,19H,4-7,14H2,1-3H3/t19-/m0/s1. The highest BCUT2D eigenvalue weighted by atomic mass is 16.5. The van der Waals surface area contributed by atoms with Crippen LogP contribution in [-0.4, -0.2) is 43.5 Å². The van der Waals surface area contributed by atoms with Gasteiger partial charge in [-0.15, -0.1) is 0 Å². The number of anilines is 1. The van der Waals surface area contributed by atoms with Crippen molar-refractivity contribution in [3.05, 3.63) is 53.7 Å². The molecular formula is C21H27N3O2. The van der Waals surface area contributed by atoms with Gasteiger partial charge in [-0.05, 0) is 42.7 Å². The first kappa shape index (κ1) is 18.2. The molecule has 0 N–H and O–H groups in total. The van der Waals surface area contributed by atoms with Crippen molar-refractivity contribution in [3.8, 4) is 5.75 Å². The van der Waals surface area contributed by atoms with Gasteiger partial charge < -0.3 is 14.5 Å². The highest BCUT2D eigenvalue weighted by Gasteiger charge is 2.27. The molecule has 1 fully saturated rings. The molecule has 0 radical (unpaired) electrons. The van der Waals surface area contributed by atoms with Gasteiger partial charge in [-0.2, -0.15) is 0 Å². The smallest absolute Gasteiger partial charge is 0.255 e. The molecule has 0 aliphatic carbocycles. The quantitative estimate of drug-likeness (QED) is 0.836. The van der Waals surface area contributed by atoms with Crippen molar-refractivity contribution in [2.75, 3.05) is 32.6 Å². The number of aromatic nitrogens is 1. The first-order chi connectivity index (χ1) is 12.6. The molecule has 1 amide bonds. The van der Waals surface area contributed by atoms with Crippen molar-refractivity contribution in [2.24, 2.45) is 0 Å². The predicted molar refractivity (Wildman–Crippen MR) is 104 cm³/mol. The number of ether oxygens (including phenoxy) is 1. The lowest BCUT2D eigenvalue weighted by atomic mass is 10.00. The minimum atomic E-state index is 0.0607. The number of amides is 1. The Hall–Kier alpha value is -2.56. The van der Waals surface area contributed by atoms with Crippen LogP contribution in [0.1, 0.15) is 47.6 Å². The number of rotatable bonds is 4. The monoisotopic (exact) mass is 353 g/mol. The number of nitrogens with zero attached hydrogens (tertiary/aromatic N) is 3. The Morgan fingerprint density at radius 3 is 2.50 bits per heavy atom. The molecule has 0 unspecified atom stereocenters. The van der Waals surface area contributed by atoms with Gasteiger partial charge in [0.15, 0.2) is 0 Å². The Morgan fingerprint density at radius 2 is 1.88 bits per heavy atom. The second-order valence-electron chi connectivity index (χ2n) is 6.94. The van der Waals surface area contributed by atoms with Gasteiger partial charge in [0, 0.05) is 26.8 Å². The molecule has 0 saturated carbocycles. The SMILES string of the molecule is COc1ccc([C@@H]2CCCCCN2C(=O)c2ccc(N(C)C)nc2)cc1. The summed E-state index contributed by atoms with van der Waals surface area (Å²) in [6.45, 7) is 0.783. The first-order valence-electron chi connectivity index (χ1n) is 9.18. The summed E-state index contributed by atoms with van der Waals surface area (Å²) in [7, 11) is 5.55. The number of carbonyl (C=O) groups excluding carboxylic acids is 1. The molecule has 1 aliphatic heterocycles. The van der Waals surface area contributed by atoms with Gasteiger partial charge >= 0.3 is 0 Å². The zero-order valence-electron chi connectivity index (χ0n) is 15.8. The van der Waals surface area contributed by atoms with E-state index in [9.17, 15) is 4.79 Å². The van der Waals surface area contributed by atoms with E-state index < -0.39 is 0 Å². The third-order valence-electron chi connectivity index (χ3n) is 4.97. The Morgan fingerprint density at radius 1 is 1.12 bits per heavy atom. The fourth-order valence-electron chi connectivity index (χ4n) is 3.47. The van der Waals surface area contributed by atoms with Crippen molar-refractivity contribution in [3.63, 3.8) is 0 Å². The third kappa shape index (κ3) is 3.98. The number of methoxy groups -OCH3 is 1. The van der Waals surface area contributed by atoms with Crippen molar-refractivity contribution in [1.82, 2.24) is 9.88 Å². The lowest BCUT2D eigenvalue weighted by molar-refractivity contribution is 0.0680. The highest BCUT2D eigenvalue weighted by molar-refractivity contribution is 5.94. The second kappa shape index (κ2) is 8.21. The molecule has 1 saturated heterocycles. The van der Waals surface area contributed by atoms with Gasteiger partial charge in [0.25, 0.3) is 5.91 Å². The molecule has 0 bridgehead atoms. The molecule has 1 aromatic heterocycles. The Kier molecular flexibility index (Phi) is 5.76. The van der Waals surface area contributed by atoms with E-state index in [1.807, 2.05) is 48.2 Å². The van der Waals surface area contributed by atoms with Crippen LogP contribution < -0.4 is 9.64 Å². The maximum Gasteiger partial charge on any atom is 0.255 e. The average molecular weight is 353 g/mol. The average Bonchev–Trinajstić information content (AvgIpc) is 2.93. The van der Waals surface area contributed by atoms with Crippen molar-refractivity contribution < 1.29 is 9.53 Å². The molecule has 1 aliphatic rings. The Bertz CT molecular complexity index is 726. The van der Waals surface area contributed by atoms with Crippen LogP contribution in [-0.2, 0) is 0 Å². The summed E-state index contributed by atoms with van der Waals surface area (Å²) in [4.78, 5) is 21.5. The number of pyridine rings is 1. The van der Waals surface area contributed by atoms with Crippen LogP contribution in [0, 0.1) is 0 Å². The predicted octanol–water partition coefficient (Wildman–Crippen LogP) is 3.91. The fourth-order valence-corrected chi connectivity index (χ4v) is 3.47. The zero-order valence-corrected chi connectivity index (χ0v) is 15.8. The normalized spacial score (nSPS) is 17.5. The molecule has 5 heteroatoms. The molecule has 2 heterocycles. The number of hydrogen-bond donors (Lipinski definition) is 0. The van der Waals surface area contributed by atoms with E-state index in [-0.39, 0.29) is 11.9 Å². The van der Waals surface area contributed by atoms with Crippen LogP contribution in [0.3, 0.4) is 0 Å². The lowest BCUT2D eigenvalue weighted by Crippen LogP contribution is -2.35. The van der Waals surface area contributed by atoms with E-state index in [0.717, 1.165) is 43.8 Å². The molecule has 5 nitrogen and oxygen atoms in total. The summed E-state index contributed by atoms with van der Waals surface area (Å²) in [5.41, 5.74) is 1.81. The molecule has 138 valence electrons. The fraction of sp³-hybridized carbons (Fsp3) is 0.429. The number of benzene rings is 1. The number of carbonyl (C=O) groups is 1. The van der Waals surface area contributed by atoms with Gasteiger partial charge in [0.1, 0.15) is 11.6 Å².